The van der Waals surface area contributed by atoms with E-state index >= 15 is 0 Å². The van der Waals surface area contributed by atoms with Crippen molar-refractivity contribution in [2.24, 2.45) is 50.2 Å². The second-order valence-corrected chi connectivity index (χ2v) is 15.7. The van der Waals surface area contributed by atoms with Gasteiger partial charge in [0, 0.05) is 10.8 Å². The molecule has 0 aromatic rings. The summed E-state index contributed by atoms with van der Waals surface area (Å²) in [5.41, 5.74) is 2.89. The van der Waals surface area contributed by atoms with Crippen LogP contribution in [0.15, 0.2) is 0 Å². The molecule has 31 heavy (non-hydrogen) atoms. The van der Waals surface area contributed by atoms with Gasteiger partial charge in [-0.3, -0.25) is 0 Å². The van der Waals surface area contributed by atoms with Crippen molar-refractivity contribution in [2.75, 3.05) is 0 Å². The Morgan fingerprint density at radius 1 is 0.677 bits per heavy atom. The van der Waals surface area contributed by atoms with Crippen LogP contribution < -0.4 is 0 Å². The van der Waals surface area contributed by atoms with E-state index in [9.17, 15) is 0 Å². The molecule has 1 nitrogen and oxygen atoms in total. The van der Waals surface area contributed by atoms with E-state index in [-0.39, 0.29) is 5.60 Å². The third-order valence-corrected chi connectivity index (χ3v) is 14.2. The molecule has 1 heteroatoms. The van der Waals surface area contributed by atoms with Crippen LogP contribution in [0.3, 0.4) is 0 Å². The lowest BCUT2D eigenvalue weighted by atomic mass is 9.30. The molecule has 1 saturated heterocycles. The third kappa shape index (κ3) is 2.21. The Kier molecular flexibility index (Phi) is 4.00. The Labute approximate surface area is 192 Å². The lowest BCUT2D eigenvalue weighted by Crippen LogP contribution is -2.72. The van der Waals surface area contributed by atoms with Crippen LogP contribution in [-0.4, -0.2) is 11.7 Å². The van der Waals surface area contributed by atoms with Crippen LogP contribution in [0.5, 0.6) is 0 Å². The van der Waals surface area contributed by atoms with Gasteiger partial charge in [-0.2, -0.15) is 0 Å². The lowest BCUT2D eigenvalue weighted by molar-refractivity contribution is -0.252. The quantitative estimate of drug-likeness (QED) is 0.354. The summed E-state index contributed by atoms with van der Waals surface area (Å²) in [4.78, 5) is 0. The van der Waals surface area contributed by atoms with Gasteiger partial charge in [-0.15, -0.1) is 0 Å². The average molecular weight is 427 g/mol. The van der Waals surface area contributed by atoms with E-state index in [1.165, 1.54) is 70.6 Å². The van der Waals surface area contributed by atoms with Crippen molar-refractivity contribution in [1.29, 1.82) is 0 Å². The zero-order valence-corrected chi connectivity index (χ0v) is 22.0. The third-order valence-electron chi connectivity index (χ3n) is 14.2. The van der Waals surface area contributed by atoms with E-state index in [0.29, 0.717) is 38.6 Å². The van der Waals surface area contributed by atoms with Gasteiger partial charge in [0.2, 0.25) is 0 Å². The van der Waals surface area contributed by atoms with Gasteiger partial charge in [-0.25, -0.2) is 0 Å². The van der Waals surface area contributed by atoms with Crippen molar-refractivity contribution >= 4 is 0 Å². The van der Waals surface area contributed by atoms with E-state index in [4.69, 9.17) is 4.74 Å². The maximum atomic E-state index is 7.18. The molecule has 5 saturated carbocycles. The van der Waals surface area contributed by atoms with Gasteiger partial charge in [-0.1, -0.05) is 68.2 Å². The molecule has 0 bridgehead atoms. The monoisotopic (exact) mass is 426 g/mol. The maximum Gasteiger partial charge on any atom is 0.106 e. The predicted octanol–water partition coefficient (Wildman–Crippen LogP) is 8.41. The van der Waals surface area contributed by atoms with Gasteiger partial charge in [0.1, 0.15) is 5.60 Å². The van der Waals surface area contributed by atoms with Crippen LogP contribution >= 0.6 is 0 Å². The first-order valence-electron chi connectivity index (χ1n) is 14.0. The van der Waals surface area contributed by atoms with Gasteiger partial charge >= 0.3 is 0 Å². The summed E-state index contributed by atoms with van der Waals surface area (Å²) in [7, 11) is 0. The van der Waals surface area contributed by atoms with Gasteiger partial charge in [0.25, 0.3) is 0 Å². The molecule has 1 heterocycles. The predicted molar refractivity (Wildman–Crippen MR) is 129 cm³/mol. The van der Waals surface area contributed by atoms with E-state index < -0.39 is 0 Å². The molecule has 5 aliphatic carbocycles. The van der Waals surface area contributed by atoms with Crippen LogP contribution in [0.2, 0.25) is 0 Å². The van der Waals surface area contributed by atoms with Crippen molar-refractivity contribution < 1.29 is 4.74 Å². The minimum absolute atomic E-state index is 0.164. The fraction of sp³-hybridized carbons (Fsp3) is 1.00. The van der Waals surface area contributed by atoms with Crippen LogP contribution in [0.1, 0.15) is 126 Å². The molecule has 176 valence electrons. The Bertz CT molecular complexity index is 800. The van der Waals surface area contributed by atoms with E-state index in [0.717, 1.165) is 17.8 Å². The summed E-state index contributed by atoms with van der Waals surface area (Å²) in [6.45, 7) is 21.2. The number of ether oxygens (including phenoxy) is 1. The number of hydrogen-bond donors (Lipinski definition) is 0. The summed E-state index contributed by atoms with van der Waals surface area (Å²) in [5, 5.41) is 0. The molecule has 0 amide bonds. The van der Waals surface area contributed by atoms with Gasteiger partial charge in [-0.05, 0) is 97.2 Å². The Balaban J connectivity index is 1.46. The Hall–Kier alpha value is -0.0400. The summed E-state index contributed by atoms with van der Waals surface area (Å²) in [6.07, 6.45) is 16.2. The number of rotatable bonds is 0. The van der Waals surface area contributed by atoms with Gasteiger partial charge in [0.05, 0.1) is 6.10 Å². The Morgan fingerprint density at radius 2 is 1.35 bits per heavy atom. The van der Waals surface area contributed by atoms with E-state index in [1.54, 1.807) is 0 Å². The molecule has 0 unspecified atom stereocenters. The number of fused-ring (bicyclic) bond motifs is 5. The second kappa shape index (κ2) is 5.78. The highest BCUT2D eigenvalue weighted by Gasteiger charge is 2.86. The van der Waals surface area contributed by atoms with Crippen molar-refractivity contribution in [3.05, 3.63) is 0 Å². The van der Waals surface area contributed by atoms with Gasteiger partial charge < -0.3 is 4.74 Å². The maximum absolute atomic E-state index is 7.18. The van der Waals surface area contributed by atoms with Crippen molar-refractivity contribution in [3.8, 4) is 0 Å². The molecule has 0 aromatic heterocycles. The van der Waals surface area contributed by atoms with Crippen molar-refractivity contribution in [2.45, 2.75) is 138 Å². The first kappa shape index (κ1) is 21.5. The molecule has 10 atom stereocenters. The van der Waals surface area contributed by atoms with Crippen molar-refractivity contribution in [3.63, 3.8) is 0 Å². The topological polar surface area (TPSA) is 12.5 Å². The molecule has 6 fully saturated rings. The fourth-order valence-corrected chi connectivity index (χ4v) is 11.8. The second-order valence-electron chi connectivity index (χ2n) is 15.7. The van der Waals surface area contributed by atoms with Crippen LogP contribution in [0, 0.1) is 50.2 Å². The summed E-state index contributed by atoms with van der Waals surface area (Å²) in [5.74, 6) is 2.59. The van der Waals surface area contributed by atoms with Crippen LogP contribution in [-0.2, 0) is 4.74 Å². The highest BCUT2D eigenvalue weighted by Crippen LogP contribution is 2.84. The highest BCUT2D eigenvalue weighted by molar-refractivity contribution is 5.34. The molecular formula is C30H50O. The molecule has 6 rings (SSSR count). The summed E-state index contributed by atoms with van der Waals surface area (Å²) < 4.78 is 7.18. The minimum Gasteiger partial charge on any atom is -0.365 e. The molecule has 6 aliphatic rings. The van der Waals surface area contributed by atoms with Crippen LogP contribution in [0.4, 0.5) is 0 Å². The largest absolute Gasteiger partial charge is 0.365 e. The SMILES string of the molecule is C[C@H]1CCC[C@@H]2[C@]1(C)C[C@@H]1O[C@@]13[C@@]1(C)CC[C@@]4(C)CCC(C)(C)C[C@H]4[C@]1(C)CC[C@@]23C. The van der Waals surface area contributed by atoms with Crippen molar-refractivity contribution in [1.82, 2.24) is 0 Å². The number of hydrogen-bond acceptors (Lipinski definition) is 1. The number of epoxide rings is 1. The van der Waals surface area contributed by atoms with Crippen LogP contribution in [0.25, 0.3) is 0 Å². The normalized spacial score (nSPS) is 64.3. The molecule has 1 spiro atoms. The van der Waals surface area contributed by atoms with Gasteiger partial charge in [0.15, 0.2) is 0 Å². The zero-order chi connectivity index (χ0) is 22.3. The summed E-state index contributed by atoms with van der Waals surface area (Å²) >= 11 is 0. The fourth-order valence-electron chi connectivity index (χ4n) is 11.8. The van der Waals surface area contributed by atoms with E-state index in [1.807, 2.05) is 0 Å². The summed E-state index contributed by atoms with van der Waals surface area (Å²) in [6, 6.07) is 0. The smallest absolute Gasteiger partial charge is 0.106 e. The highest BCUT2D eigenvalue weighted by atomic mass is 16.6. The molecule has 1 aliphatic heterocycles. The molecule has 0 aromatic carbocycles. The lowest BCUT2D eigenvalue weighted by Gasteiger charge is -2.73. The Morgan fingerprint density at radius 3 is 2.10 bits per heavy atom. The molecular weight excluding hydrogens is 376 g/mol. The standard InChI is InChI=1S/C30H50O/c1-20-10-9-11-21-26(20,5)19-23-30(31-23)28(21,7)16-15-27(6)22-18-24(2,3)12-13-25(22,4)14-17-29(27,30)8/h20-23H,9-19H2,1-8H3/t20-,21+,22+,23-,25+,26+,27-,28-,29-,30-/m0/s1. The van der Waals surface area contributed by atoms with E-state index in [2.05, 4.69) is 55.4 Å². The molecule has 0 radical (unpaired) electrons. The molecule has 0 N–H and O–H groups in total. The average Bonchev–Trinajstić information content (AvgIpc) is 3.42. The minimum atomic E-state index is 0.164. The first-order chi connectivity index (χ1) is 14.3. The first-order valence-corrected chi connectivity index (χ1v) is 14.0. The zero-order valence-electron chi connectivity index (χ0n) is 22.0.